The number of anilines is 1. The van der Waals surface area contributed by atoms with Gasteiger partial charge in [-0.3, -0.25) is 4.79 Å². The topological polar surface area (TPSA) is 43.1 Å². The molecule has 0 aromatic heterocycles. The Hall–Kier alpha value is -0.830. The van der Waals surface area contributed by atoms with Crippen molar-refractivity contribution in [1.29, 1.82) is 0 Å². The summed E-state index contributed by atoms with van der Waals surface area (Å²) in [5.41, 5.74) is 7.65. The van der Waals surface area contributed by atoms with Gasteiger partial charge >= 0.3 is 0 Å². The molecule has 0 aliphatic rings. The number of nitrogens with two attached hydrogens (primary N) is 1. The number of nitrogen functional groups attached to an aromatic ring is 1. The van der Waals surface area contributed by atoms with Gasteiger partial charge in [0.25, 0.3) is 0 Å². The summed E-state index contributed by atoms with van der Waals surface area (Å²) in [6.45, 7) is 1.91. The Labute approximate surface area is 73.5 Å². The van der Waals surface area contributed by atoms with Crippen LogP contribution in [0.25, 0.3) is 0 Å². The number of aldehydes is 1. The second-order valence-electron chi connectivity index (χ2n) is 2.37. The van der Waals surface area contributed by atoms with E-state index in [1.165, 1.54) is 0 Å². The van der Waals surface area contributed by atoms with Gasteiger partial charge in [0.1, 0.15) is 0 Å². The van der Waals surface area contributed by atoms with Gasteiger partial charge in [-0.2, -0.15) is 0 Å². The molecule has 0 saturated carbocycles. The van der Waals surface area contributed by atoms with E-state index < -0.39 is 0 Å². The Balaban J connectivity index is 3.35. The number of carbonyl (C=O) groups is 1. The second-order valence-corrected chi connectivity index (χ2v) is 3.22. The Kier molecular flexibility index (Phi) is 2.29. The van der Waals surface area contributed by atoms with E-state index in [0.717, 1.165) is 16.3 Å². The van der Waals surface area contributed by atoms with Crippen molar-refractivity contribution < 1.29 is 4.79 Å². The van der Waals surface area contributed by atoms with Crippen molar-refractivity contribution in [2.75, 3.05) is 5.73 Å². The van der Waals surface area contributed by atoms with Crippen molar-refractivity contribution >= 4 is 27.9 Å². The SMILES string of the molecule is Cc1cc(Br)c(N)c(C=O)c1. The number of carbonyl (C=O) groups excluding carboxylic acids is 1. The van der Waals surface area contributed by atoms with Crippen molar-refractivity contribution in [1.82, 2.24) is 0 Å². The molecule has 0 aliphatic heterocycles. The highest BCUT2D eigenvalue weighted by Gasteiger charge is 2.02. The fourth-order valence-electron chi connectivity index (χ4n) is 0.878. The van der Waals surface area contributed by atoms with Crippen LogP contribution in [-0.4, -0.2) is 6.29 Å². The van der Waals surface area contributed by atoms with Crippen LogP contribution in [0.5, 0.6) is 0 Å². The van der Waals surface area contributed by atoms with E-state index in [-0.39, 0.29) is 0 Å². The molecule has 58 valence electrons. The van der Waals surface area contributed by atoms with Gasteiger partial charge in [0, 0.05) is 10.0 Å². The molecule has 0 heterocycles. The molecule has 0 atom stereocenters. The lowest BCUT2D eigenvalue weighted by atomic mass is 10.1. The minimum absolute atomic E-state index is 0.505. The van der Waals surface area contributed by atoms with Crippen LogP contribution in [0, 0.1) is 6.92 Å². The molecular weight excluding hydrogens is 206 g/mol. The first-order chi connectivity index (χ1) is 5.15. The first-order valence-corrected chi connectivity index (χ1v) is 3.95. The third-order valence-corrected chi connectivity index (χ3v) is 2.09. The number of aryl methyl sites for hydroxylation is 1. The Morgan fingerprint density at radius 2 is 2.18 bits per heavy atom. The van der Waals surface area contributed by atoms with E-state index in [1.807, 2.05) is 13.0 Å². The minimum Gasteiger partial charge on any atom is -0.397 e. The zero-order valence-corrected chi connectivity index (χ0v) is 7.68. The summed E-state index contributed by atoms with van der Waals surface area (Å²) in [7, 11) is 0. The predicted molar refractivity (Wildman–Crippen MR) is 48.7 cm³/mol. The molecule has 0 spiro atoms. The lowest BCUT2D eigenvalue weighted by Crippen LogP contribution is -1.94. The van der Waals surface area contributed by atoms with Gasteiger partial charge in [0.2, 0.25) is 0 Å². The van der Waals surface area contributed by atoms with E-state index in [4.69, 9.17) is 5.73 Å². The molecule has 1 rings (SSSR count). The summed E-state index contributed by atoms with van der Waals surface area (Å²) < 4.78 is 0.777. The van der Waals surface area contributed by atoms with Crippen LogP contribution in [0.2, 0.25) is 0 Å². The molecule has 0 aliphatic carbocycles. The molecule has 0 unspecified atom stereocenters. The van der Waals surface area contributed by atoms with Crippen LogP contribution in [0.4, 0.5) is 5.69 Å². The van der Waals surface area contributed by atoms with E-state index in [2.05, 4.69) is 15.9 Å². The average Bonchev–Trinajstić information content (AvgIpc) is 1.96. The quantitative estimate of drug-likeness (QED) is 0.574. The summed E-state index contributed by atoms with van der Waals surface area (Å²) in [5, 5.41) is 0. The normalized spacial score (nSPS) is 9.64. The van der Waals surface area contributed by atoms with Gasteiger partial charge in [-0.15, -0.1) is 0 Å². The zero-order chi connectivity index (χ0) is 8.43. The van der Waals surface area contributed by atoms with Crippen LogP contribution in [0.3, 0.4) is 0 Å². The molecule has 0 amide bonds. The molecule has 0 radical (unpaired) electrons. The van der Waals surface area contributed by atoms with Crippen molar-refractivity contribution in [2.24, 2.45) is 0 Å². The molecule has 1 aromatic rings. The summed E-state index contributed by atoms with van der Waals surface area (Å²) in [6, 6.07) is 3.63. The van der Waals surface area contributed by atoms with E-state index in [0.29, 0.717) is 11.3 Å². The van der Waals surface area contributed by atoms with Gasteiger partial charge in [-0.05, 0) is 40.5 Å². The molecule has 0 fully saturated rings. The standard InChI is InChI=1S/C8H8BrNO/c1-5-2-6(4-11)8(10)7(9)3-5/h2-4H,10H2,1H3. The first-order valence-electron chi connectivity index (χ1n) is 3.16. The molecule has 2 nitrogen and oxygen atoms in total. The third kappa shape index (κ3) is 1.60. The maximum Gasteiger partial charge on any atom is 0.152 e. The highest BCUT2D eigenvalue weighted by atomic mass is 79.9. The fraction of sp³-hybridized carbons (Fsp3) is 0.125. The lowest BCUT2D eigenvalue weighted by Gasteiger charge is -2.02. The van der Waals surface area contributed by atoms with E-state index in [9.17, 15) is 4.79 Å². The number of benzene rings is 1. The summed E-state index contributed by atoms with van der Waals surface area (Å²) >= 11 is 3.25. The molecular formula is C8H8BrNO. The van der Waals surface area contributed by atoms with Crippen LogP contribution in [0.1, 0.15) is 15.9 Å². The fourth-order valence-corrected chi connectivity index (χ4v) is 1.47. The maximum absolute atomic E-state index is 10.4. The zero-order valence-electron chi connectivity index (χ0n) is 6.10. The van der Waals surface area contributed by atoms with Crippen molar-refractivity contribution in [3.05, 3.63) is 27.7 Å². The summed E-state index contributed by atoms with van der Waals surface area (Å²) in [6.07, 6.45) is 0.757. The highest BCUT2D eigenvalue weighted by Crippen LogP contribution is 2.23. The van der Waals surface area contributed by atoms with Crippen molar-refractivity contribution in [2.45, 2.75) is 6.92 Å². The van der Waals surface area contributed by atoms with Gasteiger partial charge in [-0.25, -0.2) is 0 Å². The number of halogens is 1. The first kappa shape index (κ1) is 8.27. The van der Waals surface area contributed by atoms with E-state index in [1.54, 1.807) is 6.07 Å². The molecule has 3 heteroatoms. The monoisotopic (exact) mass is 213 g/mol. The molecule has 0 bridgehead atoms. The van der Waals surface area contributed by atoms with Crippen molar-refractivity contribution in [3.8, 4) is 0 Å². The van der Waals surface area contributed by atoms with Gasteiger partial charge in [0.05, 0.1) is 5.69 Å². The predicted octanol–water partition coefficient (Wildman–Crippen LogP) is 2.15. The average molecular weight is 214 g/mol. The molecule has 1 aromatic carbocycles. The summed E-state index contributed by atoms with van der Waals surface area (Å²) in [5.74, 6) is 0. The maximum atomic E-state index is 10.4. The van der Waals surface area contributed by atoms with Gasteiger partial charge < -0.3 is 5.73 Å². The van der Waals surface area contributed by atoms with Gasteiger partial charge in [0.15, 0.2) is 6.29 Å². The minimum atomic E-state index is 0.505. The van der Waals surface area contributed by atoms with Gasteiger partial charge in [-0.1, -0.05) is 0 Å². The highest BCUT2D eigenvalue weighted by molar-refractivity contribution is 9.10. The number of hydrogen-bond acceptors (Lipinski definition) is 2. The smallest absolute Gasteiger partial charge is 0.152 e. The Morgan fingerprint density at radius 1 is 1.55 bits per heavy atom. The third-order valence-electron chi connectivity index (χ3n) is 1.43. The second kappa shape index (κ2) is 3.05. The van der Waals surface area contributed by atoms with Crippen LogP contribution < -0.4 is 5.73 Å². The molecule has 0 saturated heterocycles. The van der Waals surface area contributed by atoms with Crippen LogP contribution in [-0.2, 0) is 0 Å². The molecule has 2 N–H and O–H groups in total. The largest absolute Gasteiger partial charge is 0.397 e. The number of rotatable bonds is 1. The van der Waals surface area contributed by atoms with Crippen LogP contribution in [0.15, 0.2) is 16.6 Å². The Morgan fingerprint density at radius 3 is 2.73 bits per heavy atom. The summed E-state index contributed by atoms with van der Waals surface area (Å²) in [4.78, 5) is 10.4. The van der Waals surface area contributed by atoms with Crippen LogP contribution >= 0.6 is 15.9 Å². The Bertz CT molecular complexity index is 296. The number of hydrogen-bond donors (Lipinski definition) is 1. The van der Waals surface area contributed by atoms with Crippen molar-refractivity contribution in [3.63, 3.8) is 0 Å². The molecule has 11 heavy (non-hydrogen) atoms. The van der Waals surface area contributed by atoms with E-state index >= 15 is 0 Å². The lowest BCUT2D eigenvalue weighted by molar-refractivity contribution is 0.112.